The first-order valence-corrected chi connectivity index (χ1v) is 5.69. The molecule has 0 rings (SSSR count). The van der Waals surface area contributed by atoms with E-state index in [1.54, 1.807) is 21.1 Å². The molecule has 0 aliphatic rings. The number of carbonyl (C=O) groups excluding carboxylic acids is 1. The number of hydrogen-bond acceptors (Lipinski definition) is 3. The number of aliphatic carboxylic acids is 1. The Labute approximate surface area is 102 Å². The van der Waals surface area contributed by atoms with Crippen LogP contribution in [-0.2, 0) is 9.53 Å². The molecule has 0 spiro atoms. The molecule has 0 bridgehead atoms. The molecular formula is C11H22N2O4. The molecule has 1 atom stereocenters. The Bertz CT molecular complexity index is 246. The summed E-state index contributed by atoms with van der Waals surface area (Å²) < 4.78 is 4.89. The van der Waals surface area contributed by atoms with E-state index in [-0.39, 0.29) is 12.6 Å². The summed E-state index contributed by atoms with van der Waals surface area (Å²) in [7, 11) is 3.23. The maximum Gasteiger partial charge on any atom is 0.317 e. The zero-order chi connectivity index (χ0) is 13.3. The van der Waals surface area contributed by atoms with E-state index in [1.807, 2.05) is 0 Å². The average Bonchev–Trinajstić information content (AvgIpc) is 2.28. The number of nitrogens with zero attached hydrogens (tertiary/aromatic N) is 1. The lowest BCUT2D eigenvalue weighted by atomic mass is 10.2. The van der Waals surface area contributed by atoms with Crippen molar-refractivity contribution < 1.29 is 19.4 Å². The Morgan fingerprint density at radius 2 is 2.06 bits per heavy atom. The fourth-order valence-electron chi connectivity index (χ4n) is 1.27. The van der Waals surface area contributed by atoms with Gasteiger partial charge in [0.25, 0.3) is 0 Å². The van der Waals surface area contributed by atoms with Crippen LogP contribution in [0.25, 0.3) is 0 Å². The lowest BCUT2D eigenvalue weighted by Gasteiger charge is -2.19. The number of hydrogen-bond donors (Lipinski definition) is 2. The quantitative estimate of drug-likeness (QED) is 0.620. The zero-order valence-corrected chi connectivity index (χ0v) is 10.7. The van der Waals surface area contributed by atoms with E-state index in [9.17, 15) is 9.59 Å². The second-order valence-electron chi connectivity index (χ2n) is 4.05. The van der Waals surface area contributed by atoms with Gasteiger partial charge in [-0.2, -0.15) is 0 Å². The van der Waals surface area contributed by atoms with Crippen molar-refractivity contribution in [2.24, 2.45) is 5.92 Å². The average molecular weight is 246 g/mol. The standard InChI is InChI=1S/C11H22N2O4/c1-9(10(14)15)8-13(2)11(16)12-6-4-5-7-17-3/h9H,4-8H2,1-3H3,(H,12,16)(H,14,15). The molecule has 17 heavy (non-hydrogen) atoms. The van der Waals surface area contributed by atoms with E-state index in [4.69, 9.17) is 9.84 Å². The number of carbonyl (C=O) groups is 2. The maximum absolute atomic E-state index is 11.5. The summed E-state index contributed by atoms with van der Waals surface area (Å²) >= 11 is 0. The Morgan fingerprint density at radius 1 is 1.41 bits per heavy atom. The summed E-state index contributed by atoms with van der Waals surface area (Å²) in [6.07, 6.45) is 1.74. The van der Waals surface area contributed by atoms with Gasteiger partial charge in [-0.25, -0.2) is 4.79 Å². The molecule has 0 aromatic rings. The number of amides is 2. The fourth-order valence-corrected chi connectivity index (χ4v) is 1.27. The predicted molar refractivity (Wildman–Crippen MR) is 63.9 cm³/mol. The third-order valence-electron chi connectivity index (χ3n) is 2.37. The molecule has 100 valence electrons. The zero-order valence-electron chi connectivity index (χ0n) is 10.7. The topological polar surface area (TPSA) is 78.9 Å². The van der Waals surface area contributed by atoms with Gasteiger partial charge in [-0.3, -0.25) is 4.79 Å². The van der Waals surface area contributed by atoms with E-state index in [2.05, 4.69) is 5.32 Å². The Balaban J connectivity index is 3.71. The molecular weight excluding hydrogens is 224 g/mol. The molecule has 0 heterocycles. The highest BCUT2D eigenvalue weighted by molar-refractivity contribution is 5.75. The van der Waals surface area contributed by atoms with E-state index >= 15 is 0 Å². The minimum absolute atomic E-state index is 0.208. The number of rotatable bonds is 8. The number of ether oxygens (including phenoxy) is 1. The van der Waals surface area contributed by atoms with Crippen LogP contribution in [0.3, 0.4) is 0 Å². The van der Waals surface area contributed by atoms with Gasteiger partial charge in [0.05, 0.1) is 5.92 Å². The van der Waals surface area contributed by atoms with Gasteiger partial charge in [-0.15, -0.1) is 0 Å². The first-order chi connectivity index (χ1) is 7.99. The molecule has 1 unspecified atom stereocenters. The van der Waals surface area contributed by atoms with Crippen molar-refractivity contribution in [2.45, 2.75) is 19.8 Å². The van der Waals surface area contributed by atoms with Crippen LogP contribution in [0.5, 0.6) is 0 Å². The van der Waals surface area contributed by atoms with Crippen LogP contribution in [0.2, 0.25) is 0 Å². The fraction of sp³-hybridized carbons (Fsp3) is 0.818. The van der Waals surface area contributed by atoms with Crippen molar-refractivity contribution in [3.05, 3.63) is 0 Å². The smallest absolute Gasteiger partial charge is 0.317 e. The molecule has 0 saturated carbocycles. The number of urea groups is 1. The molecule has 0 saturated heterocycles. The molecule has 6 nitrogen and oxygen atoms in total. The Kier molecular flexibility index (Phi) is 8.13. The van der Waals surface area contributed by atoms with Gasteiger partial charge in [0, 0.05) is 33.9 Å². The van der Waals surface area contributed by atoms with Crippen LogP contribution in [0.15, 0.2) is 0 Å². The molecule has 6 heteroatoms. The van der Waals surface area contributed by atoms with Crippen LogP contribution >= 0.6 is 0 Å². The largest absolute Gasteiger partial charge is 0.481 e. The molecule has 0 fully saturated rings. The highest BCUT2D eigenvalue weighted by Crippen LogP contribution is 1.98. The lowest BCUT2D eigenvalue weighted by molar-refractivity contribution is -0.141. The van der Waals surface area contributed by atoms with Crippen molar-refractivity contribution in [3.63, 3.8) is 0 Å². The van der Waals surface area contributed by atoms with Crippen LogP contribution in [-0.4, -0.2) is 55.9 Å². The van der Waals surface area contributed by atoms with Crippen molar-refractivity contribution in [1.29, 1.82) is 0 Å². The Hall–Kier alpha value is -1.30. The van der Waals surface area contributed by atoms with Crippen molar-refractivity contribution in [2.75, 3.05) is 33.9 Å². The molecule has 0 aromatic heterocycles. The number of carboxylic acid groups (broad SMARTS) is 1. The molecule has 0 aliphatic heterocycles. The van der Waals surface area contributed by atoms with Gasteiger partial charge in [-0.05, 0) is 12.8 Å². The number of nitrogens with one attached hydrogen (secondary N) is 1. The Morgan fingerprint density at radius 3 is 2.59 bits per heavy atom. The number of carboxylic acids is 1. The molecule has 2 amide bonds. The van der Waals surface area contributed by atoms with Crippen molar-refractivity contribution in [1.82, 2.24) is 10.2 Å². The summed E-state index contributed by atoms with van der Waals surface area (Å²) in [5, 5.41) is 11.4. The minimum atomic E-state index is -0.898. The van der Waals surface area contributed by atoms with Gasteiger partial charge < -0.3 is 20.1 Å². The van der Waals surface area contributed by atoms with Gasteiger partial charge in [0.15, 0.2) is 0 Å². The SMILES string of the molecule is COCCCCNC(=O)N(C)CC(C)C(=O)O. The van der Waals surface area contributed by atoms with Crippen LogP contribution < -0.4 is 5.32 Å². The molecule has 0 aromatic carbocycles. The van der Waals surface area contributed by atoms with E-state index < -0.39 is 11.9 Å². The van der Waals surface area contributed by atoms with Crippen LogP contribution in [0.4, 0.5) is 4.79 Å². The summed E-state index contributed by atoms with van der Waals surface area (Å²) in [6, 6.07) is -0.240. The van der Waals surface area contributed by atoms with E-state index in [0.29, 0.717) is 13.2 Å². The summed E-state index contributed by atoms with van der Waals surface area (Å²) in [5.74, 6) is -1.45. The first-order valence-electron chi connectivity index (χ1n) is 5.69. The maximum atomic E-state index is 11.5. The van der Waals surface area contributed by atoms with Crippen LogP contribution in [0.1, 0.15) is 19.8 Å². The first kappa shape index (κ1) is 15.7. The summed E-state index contributed by atoms with van der Waals surface area (Å²) in [4.78, 5) is 23.5. The monoisotopic (exact) mass is 246 g/mol. The van der Waals surface area contributed by atoms with Gasteiger partial charge in [-0.1, -0.05) is 6.92 Å². The van der Waals surface area contributed by atoms with E-state index in [0.717, 1.165) is 12.8 Å². The predicted octanol–water partition coefficient (Wildman–Crippen LogP) is 0.775. The van der Waals surface area contributed by atoms with E-state index in [1.165, 1.54) is 4.90 Å². The summed E-state index contributed by atoms with van der Waals surface area (Å²) in [5.41, 5.74) is 0. The third-order valence-corrected chi connectivity index (χ3v) is 2.37. The highest BCUT2D eigenvalue weighted by Gasteiger charge is 2.16. The van der Waals surface area contributed by atoms with Crippen LogP contribution in [0, 0.1) is 5.92 Å². The van der Waals surface area contributed by atoms with Gasteiger partial charge in [0.2, 0.25) is 0 Å². The van der Waals surface area contributed by atoms with Crippen molar-refractivity contribution >= 4 is 12.0 Å². The molecule has 0 radical (unpaired) electrons. The van der Waals surface area contributed by atoms with Crippen molar-refractivity contribution in [3.8, 4) is 0 Å². The summed E-state index contributed by atoms with van der Waals surface area (Å²) in [6.45, 7) is 3.04. The minimum Gasteiger partial charge on any atom is -0.481 e. The number of unbranched alkanes of at least 4 members (excludes halogenated alkanes) is 1. The second kappa shape index (κ2) is 8.81. The van der Waals surface area contributed by atoms with Gasteiger partial charge >= 0.3 is 12.0 Å². The number of methoxy groups -OCH3 is 1. The molecule has 0 aliphatic carbocycles. The highest BCUT2D eigenvalue weighted by atomic mass is 16.5. The normalized spacial score (nSPS) is 11.9. The lowest BCUT2D eigenvalue weighted by Crippen LogP contribution is -2.41. The second-order valence-corrected chi connectivity index (χ2v) is 4.05. The third kappa shape index (κ3) is 7.57. The van der Waals surface area contributed by atoms with Gasteiger partial charge in [0.1, 0.15) is 0 Å². The molecule has 2 N–H and O–H groups in total.